The lowest BCUT2D eigenvalue weighted by Crippen LogP contribution is -2.58. The Morgan fingerprint density at radius 1 is 0.918 bits per heavy atom. The van der Waals surface area contributed by atoms with Crippen LogP contribution in [0, 0.1) is 6.92 Å². The number of aromatic nitrogens is 1. The number of methoxy groups -OCH3 is 3. The predicted octanol–water partition coefficient (Wildman–Crippen LogP) is 3.93. The van der Waals surface area contributed by atoms with Crippen LogP contribution >= 0.6 is 0 Å². The number of ether oxygens (including phenoxy) is 5. The number of fused-ring (bicyclic) bond motifs is 10. The Morgan fingerprint density at radius 3 is 2.51 bits per heavy atom. The normalized spacial score (nSPS) is 18.5. The van der Waals surface area contributed by atoms with E-state index in [9.17, 15) is 14.4 Å². The molecule has 12 heteroatoms. The molecule has 4 heterocycles. The van der Waals surface area contributed by atoms with Gasteiger partial charge in [0.15, 0.2) is 18.1 Å². The van der Waals surface area contributed by atoms with Crippen molar-refractivity contribution in [2.24, 2.45) is 7.05 Å². The number of amides is 3. The molecule has 4 aromatic rings. The summed E-state index contributed by atoms with van der Waals surface area (Å²) in [5.74, 6) is 2.02. The van der Waals surface area contributed by atoms with Gasteiger partial charge < -0.3 is 43.8 Å². The second-order valence-corrected chi connectivity index (χ2v) is 12.3. The number of rotatable bonds is 4. The number of carbonyl (C=O) groups excluding carboxylic acids is 3. The minimum Gasteiger partial charge on any atom is -0.497 e. The Kier molecular flexibility index (Phi) is 9.84. The molecule has 1 aromatic heterocycles. The first-order valence-corrected chi connectivity index (χ1v) is 16.3. The monoisotopic (exact) mass is 670 g/mol. The quantitative estimate of drug-likeness (QED) is 0.334. The molecule has 4 bridgehead atoms. The molecule has 0 radical (unpaired) electrons. The first-order valence-electron chi connectivity index (χ1n) is 16.3. The lowest BCUT2D eigenvalue weighted by molar-refractivity contribution is -0.125. The average molecular weight is 671 g/mol. The van der Waals surface area contributed by atoms with Crippen LogP contribution in [0.3, 0.4) is 0 Å². The largest absolute Gasteiger partial charge is 0.497 e. The number of piperidine rings is 1. The molecule has 1 fully saturated rings. The zero-order valence-electron chi connectivity index (χ0n) is 28.5. The number of nitrogens with zero attached hydrogens (tertiary/aromatic N) is 2. The van der Waals surface area contributed by atoms with Gasteiger partial charge in [0.1, 0.15) is 23.4 Å². The highest BCUT2D eigenvalue weighted by atomic mass is 16.5. The van der Waals surface area contributed by atoms with Crippen LogP contribution in [-0.4, -0.2) is 80.4 Å². The summed E-state index contributed by atoms with van der Waals surface area (Å²) in [6, 6.07) is 16.0. The van der Waals surface area contributed by atoms with Crippen molar-refractivity contribution < 1.29 is 38.1 Å². The van der Waals surface area contributed by atoms with Crippen molar-refractivity contribution in [2.75, 3.05) is 41.0 Å². The van der Waals surface area contributed by atoms with Crippen molar-refractivity contribution in [3.63, 3.8) is 0 Å². The molecule has 3 aliphatic rings. The Labute approximate surface area is 285 Å². The Bertz CT molecular complexity index is 1890. The molecule has 49 heavy (non-hydrogen) atoms. The summed E-state index contributed by atoms with van der Waals surface area (Å²) in [5.41, 5.74) is 4.02. The topological polar surface area (TPSA) is 130 Å². The van der Waals surface area contributed by atoms with E-state index < -0.39 is 12.1 Å². The van der Waals surface area contributed by atoms with Crippen LogP contribution in [0.15, 0.2) is 54.6 Å². The number of likely N-dealkylation sites (tertiary alicyclic amines) is 1. The molecular weight excluding hydrogens is 628 g/mol. The third-order valence-electron chi connectivity index (χ3n) is 9.35. The summed E-state index contributed by atoms with van der Waals surface area (Å²) < 4.78 is 31.0. The van der Waals surface area contributed by atoms with Crippen LogP contribution in [-0.2, 0) is 29.6 Å². The standard InChI is InChI=1S/C37H42N4O8/c1-22-36(27-17-25(45-3)10-11-29(27)40(22)2)37(44)41-15-14-30-28(20-41)39-35(43)21-48-33-16-23(6-12-31(33)46-4)7-13-34(42)38-19-24-8-9-26(49-30)18-32(24)47-5/h6,8-12,16-18,28,30H,7,13-15,19-21H2,1-5H3,(H,38,42)(H,39,43)/t28-,30+/m1/s1. The van der Waals surface area contributed by atoms with Gasteiger partial charge in [-0.05, 0) is 61.4 Å². The van der Waals surface area contributed by atoms with Gasteiger partial charge >= 0.3 is 0 Å². The Balaban J connectivity index is 1.31. The number of carbonyl (C=O) groups is 3. The molecule has 12 nitrogen and oxygen atoms in total. The molecule has 3 aromatic carbocycles. The average Bonchev–Trinajstić information content (AvgIpc) is 3.37. The molecule has 0 spiro atoms. The van der Waals surface area contributed by atoms with E-state index in [1.807, 2.05) is 54.9 Å². The highest BCUT2D eigenvalue weighted by Gasteiger charge is 2.36. The third kappa shape index (κ3) is 7.08. The molecule has 3 amide bonds. The Morgan fingerprint density at radius 2 is 1.73 bits per heavy atom. The molecular formula is C37H42N4O8. The number of benzene rings is 3. The summed E-state index contributed by atoms with van der Waals surface area (Å²) in [4.78, 5) is 42.2. The van der Waals surface area contributed by atoms with Crippen molar-refractivity contribution in [1.82, 2.24) is 20.1 Å². The molecule has 2 atom stereocenters. The van der Waals surface area contributed by atoms with E-state index in [0.29, 0.717) is 53.7 Å². The van der Waals surface area contributed by atoms with E-state index in [1.54, 1.807) is 37.3 Å². The summed E-state index contributed by atoms with van der Waals surface area (Å²) in [6.45, 7) is 2.56. The summed E-state index contributed by atoms with van der Waals surface area (Å²) >= 11 is 0. The highest BCUT2D eigenvalue weighted by molar-refractivity contribution is 6.08. The summed E-state index contributed by atoms with van der Waals surface area (Å²) in [6.07, 6.45) is 0.733. The second kappa shape index (κ2) is 14.4. The van der Waals surface area contributed by atoms with Gasteiger partial charge in [-0.25, -0.2) is 0 Å². The van der Waals surface area contributed by atoms with Crippen molar-refractivity contribution in [3.05, 3.63) is 77.0 Å². The van der Waals surface area contributed by atoms with E-state index >= 15 is 0 Å². The summed E-state index contributed by atoms with van der Waals surface area (Å²) in [7, 11) is 6.64. The van der Waals surface area contributed by atoms with Crippen molar-refractivity contribution in [2.45, 2.75) is 44.9 Å². The van der Waals surface area contributed by atoms with Gasteiger partial charge in [-0.2, -0.15) is 0 Å². The van der Waals surface area contributed by atoms with Crippen molar-refractivity contribution in [1.29, 1.82) is 0 Å². The zero-order valence-corrected chi connectivity index (χ0v) is 28.5. The van der Waals surface area contributed by atoms with Gasteiger partial charge in [-0.3, -0.25) is 14.4 Å². The fourth-order valence-electron chi connectivity index (χ4n) is 6.54. The maximum absolute atomic E-state index is 14.2. The Hall–Kier alpha value is -5.39. The minimum atomic E-state index is -0.557. The van der Waals surface area contributed by atoms with Crippen molar-refractivity contribution in [3.8, 4) is 28.7 Å². The van der Waals surface area contributed by atoms with E-state index in [0.717, 1.165) is 27.7 Å². The molecule has 0 aliphatic carbocycles. The third-order valence-corrected chi connectivity index (χ3v) is 9.35. The van der Waals surface area contributed by atoms with Crippen LogP contribution in [0.2, 0.25) is 0 Å². The first kappa shape index (κ1) is 33.5. The van der Waals surface area contributed by atoms with Crippen molar-refractivity contribution >= 4 is 28.6 Å². The van der Waals surface area contributed by atoms with E-state index in [2.05, 4.69) is 10.6 Å². The van der Waals surface area contributed by atoms with Crippen LogP contribution in [0.1, 0.15) is 40.0 Å². The lowest BCUT2D eigenvalue weighted by atomic mass is 9.99. The fourth-order valence-corrected chi connectivity index (χ4v) is 6.54. The summed E-state index contributed by atoms with van der Waals surface area (Å²) in [5, 5.41) is 6.85. The van der Waals surface area contributed by atoms with Crippen LogP contribution in [0.4, 0.5) is 0 Å². The first-order chi connectivity index (χ1) is 23.7. The maximum Gasteiger partial charge on any atom is 0.258 e. The molecule has 258 valence electrons. The number of aryl methyl sites for hydroxylation is 2. The van der Waals surface area contributed by atoms with Crippen LogP contribution in [0.5, 0.6) is 28.7 Å². The van der Waals surface area contributed by atoms with Gasteiger partial charge in [0.2, 0.25) is 5.91 Å². The highest BCUT2D eigenvalue weighted by Crippen LogP contribution is 2.32. The molecule has 3 aliphatic heterocycles. The van der Waals surface area contributed by atoms with Gasteiger partial charge in [0.25, 0.3) is 11.8 Å². The van der Waals surface area contributed by atoms with Gasteiger partial charge in [0, 0.05) is 67.8 Å². The molecule has 1 saturated heterocycles. The maximum atomic E-state index is 14.2. The molecule has 0 saturated carbocycles. The minimum absolute atomic E-state index is 0.111. The molecule has 2 N–H and O–H groups in total. The van der Waals surface area contributed by atoms with E-state index in [1.165, 1.54) is 7.11 Å². The second-order valence-electron chi connectivity index (χ2n) is 12.3. The number of nitrogens with one attached hydrogen (secondary N) is 2. The van der Waals surface area contributed by atoms with Crippen LogP contribution in [0.25, 0.3) is 10.9 Å². The number of hydrogen-bond donors (Lipinski definition) is 2. The number of hydrogen-bond acceptors (Lipinski definition) is 8. The van der Waals surface area contributed by atoms with E-state index in [-0.39, 0.29) is 43.8 Å². The lowest BCUT2D eigenvalue weighted by Gasteiger charge is -2.39. The predicted molar refractivity (Wildman–Crippen MR) is 183 cm³/mol. The smallest absolute Gasteiger partial charge is 0.258 e. The molecule has 0 unspecified atom stereocenters. The SMILES string of the molecule is COc1ccc2c(c1)c(C(=O)N1CC[C@@H]3Oc4ccc(c(OC)c4)CNC(=O)CCc4ccc(OC)c(c4)OCC(=O)N[C@@H]3C1)c(C)n2C. The van der Waals surface area contributed by atoms with Crippen LogP contribution < -0.4 is 34.3 Å². The van der Waals surface area contributed by atoms with Gasteiger partial charge in [-0.1, -0.05) is 6.07 Å². The molecule has 7 rings (SSSR count). The van der Waals surface area contributed by atoms with E-state index in [4.69, 9.17) is 23.7 Å². The zero-order chi connectivity index (χ0) is 34.7. The van der Waals surface area contributed by atoms with Gasteiger partial charge in [-0.15, -0.1) is 0 Å². The fraction of sp³-hybridized carbons (Fsp3) is 0.378. The van der Waals surface area contributed by atoms with Gasteiger partial charge in [0.05, 0.1) is 32.9 Å².